The van der Waals surface area contributed by atoms with Crippen LogP contribution in [0.3, 0.4) is 0 Å². The Labute approximate surface area is 128 Å². The zero-order chi connectivity index (χ0) is 15.1. The van der Waals surface area contributed by atoms with Gasteiger partial charge in [-0.05, 0) is 48.2 Å². The van der Waals surface area contributed by atoms with Gasteiger partial charge in [0, 0.05) is 36.4 Å². The van der Waals surface area contributed by atoms with Crippen LogP contribution in [0.5, 0.6) is 0 Å². The molecule has 0 atom stereocenters. The molecule has 0 bridgehead atoms. The SMILES string of the molecule is Cn1ccc2c(-c3ccc(C(=O)NC4CC4)cc3)ccnc21. The molecule has 2 heterocycles. The second-order valence-electron chi connectivity index (χ2n) is 5.85. The van der Waals surface area contributed by atoms with Gasteiger partial charge in [-0.2, -0.15) is 0 Å². The number of hydrogen-bond donors (Lipinski definition) is 1. The number of carbonyl (C=O) groups excluding carboxylic acids is 1. The van der Waals surface area contributed by atoms with Crippen LogP contribution < -0.4 is 5.32 Å². The van der Waals surface area contributed by atoms with E-state index >= 15 is 0 Å². The monoisotopic (exact) mass is 291 g/mol. The fourth-order valence-corrected chi connectivity index (χ4v) is 2.71. The van der Waals surface area contributed by atoms with Crippen molar-refractivity contribution >= 4 is 16.9 Å². The van der Waals surface area contributed by atoms with E-state index < -0.39 is 0 Å². The maximum atomic E-state index is 12.0. The Morgan fingerprint density at radius 1 is 1.18 bits per heavy atom. The van der Waals surface area contributed by atoms with Crippen LogP contribution in [0, 0.1) is 0 Å². The Balaban J connectivity index is 1.68. The van der Waals surface area contributed by atoms with Gasteiger partial charge >= 0.3 is 0 Å². The summed E-state index contributed by atoms with van der Waals surface area (Å²) in [5.41, 5.74) is 3.92. The maximum absolute atomic E-state index is 12.0. The number of pyridine rings is 1. The molecule has 0 saturated heterocycles. The van der Waals surface area contributed by atoms with Gasteiger partial charge in [0.25, 0.3) is 5.91 Å². The Morgan fingerprint density at radius 2 is 1.95 bits per heavy atom. The van der Waals surface area contributed by atoms with Crippen LogP contribution >= 0.6 is 0 Å². The number of nitrogens with one attached hydrogen (secondary N) is 1. The zero-order valence-corrected chi connectivity index (χ0v) is 12.4. The first-order valence-corrected chi connectivity index (χ1v) is 7.54. The van der Waals surface area contributed by atoms with Crippen LogP contribution in [-0.2, 0) is 7.05 Å². The summed E-state index contributed by atoms with van der Waals surface area (Å²) in [5, 5.41) is 4.14. The molecule has 0 radical (unpaired) electrons. The highest BCUT2D eigenvalue weighted by molar-refractivity contribution is 5.97. The topological polar surface area (TPSA) is 46.9 Å². The quantitative estimate of drug-likeness (QED) is 0.806. The summed E-state index contributed by atoms with van der Waals surface area (Å²) in [4.78, 5) is 16.4. The van der Waals surface area contributed by atoms with E-state index in [1.54, 1.807) is 0 Å². The number of benzene rings is 1. The van der Waals surface area contributed by atoms with Gasteiger partial charge < -0.3 is 9.88 Å². The van der Waals surface area contributed by atoms with Crippen molar-refractivity contribution in [1.29, 1.82) is 0 Å². The first-order chi connectivity index (χ1) is 10.7. The molecule has 1 fully saturated rings. The lowest BCUT2D eigenvalue weighted by Gasteiger charge is -2.07. The van der Waals surface area contributed by atoms with E-state index in [1.807, 2.05) is 54.3 Å². The Kier molecular flexibility index (Phi) is 2.96. The predicted octanol–water partition coefficient (Wildman–Crippen LogP) is 3.13. The second kappa shape index (κ2) is 4.98. The average Bonchev–Trinajstić information content (AvgIpc) is 3.28. The van der Waals surface area contributed by atoms with E-state index in [1.165, 1.54) is 0 Å². The van der Waals surface area contributed by atoms with Crippen LogP contribution in [-0.4, -0.2) is 21.5 Å². The van der Waals surface area contributed by atoms with Crippen molar-refractivity contribution in [3.63, 3.8) is 0 Å². The van der Waals surface area contributed by atoms with E-state index in [2.05, 4.69) is 16.4 Å². The molecule has 2 aromatic heterocycles. The largest absolute Gasteiger partial charge is 0.349 e. The molecule has 3 aromatic rings. The summed E-state index contributed by atoms with van der Waals surface area (Å²) in [7, 11) is 1.99. The number of aromatic nitrogens is 2. The first-order valence-electron chi connectivity index (χ1n) is 7.54. The fraction of sp³-hybridized carbons (Fsp3) is 0.222. The van der Waals surface area contributed by atoms with Crippen molar-refractivity contribution < 1.29 is 4.79 Å². The molecule has 1 saturated carbocycles. The molecular formula is C18H17N3O. The molecular weight excluding hydrogens is 274 g/mol. The standard InChI is InChI=1S/C18H17N3O/c1-21-11-9-16-15(8-10-19-17(16)21)12-2-4-13(5-3-12)18(22)20-14-6-7-14/h2-5,8-11,14H,6-7H2,1H3,(H,20,22). The van der Waals surface area contributed by atoms with Crippen LogP contribution in [0.4, 0.5) is 0 Å². The molecule has 1 aromatic carbocycles. The number of fused-ring (bicyclic) bond motifs is 1. The number of rotatable bonds is 3. The van der Waals surface area contributed by atoms with Crippen molar-refractivity contribution in [1.82, 2.24) is 14.9 Å². The molecule has 4 rings (SSSR count). The van der Waals surface area contributed by atoms with Crippen LogP contribution in [0.25, 0.3) is 22.2 Å². The lowest BCUT2D eigenvalue weighted by atomic mass is 10.0. The van der Waals surface area contributed by atoms with Crippen molar-refractivity contribution in [3.8, 4) is 11.1 Å². The van der Waals surface area contributed by atoms with E-state index in [-0.39, 0.29) is 5.91 Å². The van der Waals surface area contributed by atoms with Crippen LogP contribution in [0.1, 0.15) is 23.2 Å². The minimum absolute atomic E-state index is 0.0219. The third kappa shape index (κ3) is 2.26. The predicted molar refractivity (Wildman–Crippen MR) is 86.6 cm³/mol. The van der Waals surface area contributed by atoms with Gasteiger partial charge in [-0.1, -0.05) is 12.1 Å². The van der Waals surface area contributed by atoms with E-state index in [0.717, 1.165) is 35.0 Å². The minimum Gasteiger partial charge on any atom is -0.349 e. The number of amides is 1. The summed E-state index contributed by atoms with van der Waals surface area (Å²) in [6.45, 7) is 0. The van der Waals surface area contributed by atoms with Crippen molar-refractivity contribution in [3.05, 3.63) is 54.4 Å². The third-order valence-electron chi connectivity index (χ3n) is 4.14. The Bertz CT molecular complexity index is 844. The Hall–Kier alpha value is -2.62. The van der Waals surface area contributed by atoms with Crippen molar-refractivity contribution in [2.75, 3.05) is 0 Å². The smallest absolute Gasteiger partial charge is 0.251 e. The van der Waals surface area contributed by atoms with Gasteiger partial charge in [0.15, 0.2) is 0 Å². The van der Waals surface area contributed by atoms with Crippen LogP contribution in [0.2, 0.25) is 0 Å². The minimum atomic E-state index is 0.0219. The molecule has 22 heavy (non-hydrogen) atoms. The van der Waals surface area contributed by atoms with Gasteiger partial charge in [0.1, 0.15) is 5.65 Å². The molecule has 1 amide bonds. The average molecular weight is 291 g/mol. The Morgan fingerprint density at radius 3 is 2.68 bits per heavy atom. The lowest BCUT2D eigenvalue weighted by molar-refractivity contribution is 0.0951. The van der Waals surface area contributed by atoms with Crippen molar-refractivity contribution in [2.45, 2.75) is 18.9 Å². The molecule has 0 spiro atoms. The zero-order valence-electron chi connectivity index (χ0n) is 12.4. The number of nitrogens with zero attached hydrogens (tertiary/aromatic N) is 2. The van der Waals surface area contributed by atoms with Gasteiger partial charge in [0.2, 0.25) is 0 Å². The summed E-state index contributed by atoms with van der Waals surface area (Å²) in [6, 6.07) is 12.3. The van der Waals surface area contributed by atoms with Gasteiger partial charge in [-0.3, -0.25) is 4.79 Å². The lowest BCUT2D eigenvalue weighted by Crippen LogP contribution is -2.25. The van der Waals surface area contributed by atoms with E-state index in [0.29, 0.717) is 11.6 Å². The fourth-order valence-electron chi connectivity index (χ4n) is 2.71. The normalized spacial score (nSPS) is 14.2. The molecule has 0 unspecified atom stereocenters. The summed E-state index contributed by atoms with van der Waals surface area (Å²) in [6.07, 6.45) is 6.05. The molecule has 4 heteroatoms. The highest BCUT2D eigenvalue weighted by atomic mass is 16.1. The van der Waals surface area contributed by atoms with Crippen molar-refractivity contribution in [2.24, 2.45) is 7.05 Å². The summed E-state index contributed by atoms with van der Waals surface area (Å²) >= 11 is 0. The van der Waals surface area contributed by atoms with Crippen LogP contribution in [0.15, 0.2) is 48.8 Å². The van der Waals surface area contributed by atoms with Gasteiger partial charge in [-0.15, -0.1) is 0 Å². The third-order valence-corrected chi connectivity index (χ3v) is 4.14. The van der Waals surface area contributed by atoms with E-state index in [9.17, 15) is 4.79 Å². The molecule has 1 N–H and O–H groups in total. The molecule has 110 valence electrons. The molecule has 0 aliphatic heterocycles. The van der Waals surface area contributed by atoms with E-state index in [4.69, 9.17) is 0 Å². The second-order valence-corrected chi connectivity index (χ2v) is 5.85. The van der Waals surface area contributed by atoms with Gasteiger partial charge in [-0.25, -0.2) is 4.98 Å². The maximum Gasteiger partial charge on any atom is 0.251 e. The number of hydrogen-bond acceptors (Lipinski definition) is 2. The van der Waals surface area contributed by atoms with Gasteiger partial charge in [0.05, 0.1) is 0 Å². The molecule has 4 nitrogen and oxygen atoms in total. The number of aryl methyl sites for hydroxylation is 1. The summed E-state index contributed by atoms with van der Waals surface area (Å²) in [5.74, 6) is 0.0219. The first kappa shape index (κ1) is 13.1. The molecule has 1 aliphatic rings. The summed E-state index contributed by atoms with van der Waals surface area (Å²) < 4.78 is 2.01. The molecule has 1 aliphatic carbocycles. The number of carbonyl (C=O) groups is 1. The highest BCUT2D eigenvalue weighted by Crippen LogP contribution is 2.28. The highest BCUT2D eigenvalue weighted by Gasteiger charge is 2.23.